The van der Waals surface area contributed by atoms with E-state index in [-0.39, 0.29) is 22.6 Å². The molecule has 0 bridgehead atoms. The summed E-state index contributed by atoms with van der Waals surface area (Å²) < 4.78 is 33.6. The highest BCUT2D eigenvalue weighted by atomic mass is 35.5. The lowest BCUT2D eigenvalue weighted by Gasteiger charge is -2.19. The maximum atomic E-state index is 13.1. The summed E-state index contributed by atoms with van der Waals surface area (Å²) in [5.41, 5.74) is 1.43. The predicted octanol–water partition coefficient (Wildman–Crippen LogP) is 4.69. The molecular weight excluding hydrogens is 419 g/mol. The zero-order valence-corrected chi connectivity index (χ0v) is 17.4. The number of rotatable bonds is 4. The Morgan fingerprint density at radius 2 is 1.93 bits per heavy atom. The minimum atomic E-state index is -3.73. The number of hydrogen-bond acceptors (Lipinski definition) is 4. The van der Waals surface area contributed by atoms with Crippen LogP contribution in [0.1, 0.15) is 12.0 Å². The van der Waals surface area contributed by atoms with Crippen molar-refractivity contribution in [2.24, 2.45) is 0 Å². The van der Waals surface area contributed by atoms with E-state index < -0.39 is 10.0 Å². The van der Waals surface area contributed by atoms with Gasteiger partial charge in [-0.05, 0) is 43.2 Å². The number of fused-ring (bicyclic) bond motifs is 1. The van der Waals surface area contributed by atoms with Crippen molar-refractivity contribution < 1.29 is 13.2 Å². The van der Waals surface area contributed by atoms with Gasteiger partial charge in [-0.1, -0.05) is 41.4 Å². The van der Waals surface area contributed by atoms with Crippen molar-refractivity contribution >= 4 is 44.1 Å². The number of nitrogens with zero attached hydrogens (tertiary/aromatic N) is 2. The van der Waals surface area contributed by atoms with Crippen LogP contribution in [0.5, 0.6) is 5.75 Å². The molecule has 1 aromatic heterocycles. The molecule has 1 aliphatic heterocycles. The summed E-state index contributed by atoms with van der Waals surface area (Å²) in [5.74, 6) is 0.655. The zero-order valence-electron chi connectivity index (χ0n) is 15.1. The van der Waals surface area contributed by atoms with E-state index in [4.69, 9.17) is 27.9 Å². The van der Waals surface area contributed by atoms with E-state index >= 15 is 0 Å². The average molecular weight is 437 g/mol. The van der Waals surface area contributed by atoms with E-state index in [1.165, 1.54) is 16.4 Å². The smallest absolute Gasteiger partial charge is 0.244 e. The van der Waals surface area contributed by atoms with Gasteiger partial charge >= 0.3 is 0 Å². The molecule has 2 heterocycles. The Hall–Kier alpha value is -1.86. The molecule has 0 aliphatic carbocycles. The van der Waals surface area contributed by atoms with Gasteiger partial charge in [-0.3, -0.25) is 4.98 Å². The molecule has 28 heavy (non-hydrogen) atoms. The van der Waals surface area contributed by atoms with Gasteiger partial charge in [-0.25, -0.2) is 8.42 Å². The van der Waals surface area contributed by atoms with Crippen LogP contribution in [0, 0.1) is 6.92 Å². The Balaban J connectivity index is 1.56. The lowest BCUT2D eigenvalue weighted by atomic mass is 10.2. The van der Waals surface area contributed by atoms with Crippen molar-refractivity contribution in [2.45, 2.75) is 24.3 Å². The van der Waals surface area contributed by atoms with Crippen LogP contribution < -0.4 is 4.74 Å². The highest BCUT2D eigenvalue weighted by Gasteiger charge is 2.35. The van der Waals surface area contributed by atoms with Crippen molar-refractivity contribution in [3.63, 3.8) is 0 Å². The summed E-state index contributed by atoms with van der Waals surface area (Å²) in [6, 6.07) is 12.5. The van der Waals surface area contributed by atoms with E-state index in [2.05, 4.69) is 4.98 Å². The SMILES string of the molecule is Cc1cc(S(=O)(=O)N2CCC(Oc3cccc4cccnc34)C2)c(Cl)cc1Cl. The van der Waals surface area contributed by atoms with Crippen LogP contribution in [0.2, 0.25) is 10.0 Å². The number of ether oxygens (including phenoxy) is 1. The van der Waals surface area contributed by atoms with E-state index in [9.17, 15) is 8.42 Å². The lowest BCUT2D eigenvalue weighted by molar-refractivity contribution is 0.218. The molecule has 4 rings (SSSR count). The zero-order chi connectivity index (χ0) is 19.9. The second-order valence-corrected chi connectivity index (χ2v) is 9.48. The van der Waals surface area contributed by atoms with Gasteiger partial charge in [0.05, 0.1) is 11.6 Å². The van der Waals surface area contributed by atoms with Gasteiger partial charge in [0.15, 0.2) is 0 Å². The lowest BCUT2D eigenvalue weighted by Crippen LogP contribution is -2.31. The predicted molar refractivity (Wildman–Crippen MR) is 111 cm³/mol. The minimum absolute atomic E-state index is 0.0727. The molecule has 3 aromatic rings. The van der Waals surface area contributed by atoms with Crippen molar-refractivity contribution in [2.75, 3.05) is 13.1 Å². The van der Waals surface area contributed by atoms with Gasteiger partial charge in [0.25, 0.3) is 0 Å². The molecule has 146 valence electrons. The molecule has 0 saturated carbocycles. The van der Waals surface area contributed by atoms with Gasteiger partial charge < -0.3 is 4.74 Å². The molecule has 1 unspecified atom stereocenters. The summed E-state index contributed by atoms with van der Waals surface area (Å²) in [7, 11) is -3.73. The highest BCUT2D eigenvalue weighted by Crippen LogP contribution is 2.33. The number of para-hydroxylation sites is 1. The molecule has 1 aliphatic rings. The molecule has 0 spiro atoms. The van der Waals surface area contributed by atoms with E-state index in [1.807, 2.05) is 30.3 Å². The number of hydrogen-bond donors (Lipinski definition) is 0. The van der Waals surface area contributed by atoms with Crippen molar-refractivity contribution in [3.05, 3.63) is 64.3 Å². The largest absolute Gasteiger partial charge is 0.487 e. The molecule has 0 N–H and O–H groups in total. The van der Waals surface area contributed by atoms with Crippen LogP contribution in [0.4, 0.5) is 0 Å². The van der Waals surface area contributed by atoms with Gasteiger partial charge in [-0.15, -0.1) is 0 Å². The number of benzene rings is 2. The van der Waals surface area contributed by atoms with E-state index in [1.54, 1.807) is 13.1 Å². The first-order valence-electron chi connectivity index (χ1n) is 8.82. The Morgan fingerprint density at radius 1 is 1.14 bits per heavy atom. The third-order valence-electron chi connectivity index (χ3n) is 4.83. The number of sulfonamides is 1. The Bertz CT molecular complexity index is 1150. The molecule has 0 amide bonds. The normalized spacial score (nSPS) is 17.9. The maximum Gasteiger partial charge on any atom is 0.244 e. The van der Waals surface area contributed by atoms with Crippen molar-refractivity contribution in [3.8, 4) is 5.75 Å². The number of aromatic nitrogens is 1. The van der Waals surface area contributed by atoms with E-state index in [0.29, 0.717) is 29.3 Å². The van der Waals surface area contributed by atoms with Crippen LogP contribution in [0.25, 0.3) is 10.9 Å². The van der Waals surface area contributed by atoms with Crippen LogP contribution >= 0.6 is 23.2 Å². The van der Waals surface area contributed by atoms with E-state index in [0.717, 1.165) is 10.9 Å². The fourth-order valence-electron chi connectivity index (χ4n) is 3.33. The van der Waals surface area contributed by atoms with Crippen molar-refractivity contribution in [1.82, 2.24) is 9.29 Å². The molecule has 0 radical (unpaired) electrons. The van der Waals surface area contributed by atoms with Crippen molar-refractivity contribution in [1.29, 1.82) is 0 Å². The number of halogens is 2. The highest BCUT2D eigenvalue weighted by molar-refractivity contribution is 7.89. The van der Waals surface area contributed by atoms with Crippen LogP contribution in [0.3, 0.4) is 0 Å². The van der Waals surface area contributed by atoms with Crippen LogP contribution in [0.15, 0.2) is 53.6 Å². The third-order valence-corrected chi connectivity index (χ3v) is 7.57. The fraction of sp³-hybridized carbons (Fsp3) is 0.250. The Labute approximate surface area is 173 Å². The molecule has 1 atom stereocenters. The summed E-state index contributed by atoms with van der Waals surface area (Å²) in [4.78, 5) is 4.45. The number of pyridine rings is 1. The second kappa shape index (κ2) is 7.52. The molecule has 2 aromatic carbocycles. The molecule has 1 fully saturated rings. The first-order chi connectivity index (χ1) is 13.4. The molecule has 1 saturated heterocycles. The second-order valence-electron chi connectivity index (χ2n) is 6.75. The summed E-state index contributed by atoms with van der Waals surface area (Å²) >= 11 is 12.2. The van der Waals surface area contributed by atoms with Crippen LogP contribution in [-0.2, 0) is 10.0 Å². The quantitative estimate of drug-likeness (QED) is 0.594. The fourth-order valence-corrected chi connectivity index (χ4v) is 5.62. The standard InChI is InChI=1S/C20H18Cl2N2O3S/c1-13-10-19(17(22)11-16(13)21)28(25,26)24-9-7-15(12-24)27-18-6-2-4-14-5-3-8-23-20(14)18/h2-6,8,10-11,15H,7,9,12H2,1H3. The maximum absolute atomic E-state index is 13.1. The minimum Gasteiger partial charge on any atom is -0.487 e. The summed E-state index contributed by atoms with van der Waals surface area (Å²) in [6.45, 7) is 2.37. The first kappa shape index (κ1) is 19.5. The molecule has 8 heteroatoms. The van der Waals surface area contributed by atoms with Gasteiger partial charge in [-0.2, -0.15) is 4.31 Å². The third kappa shape index (κ3) is 3.57. The molecule has 5 nitrogen and oxygen atoms in total. The number of aryl methyl sites for hydroxylation is 1. The molecular formula is C20H18Cl2N2O3S. The first-order valence-corrected chi connectivity index (χ1v) is 11.0. The van der Waals surface area contributed by atoms with Gasteiger partial charge in [0.2, 0.25) is 10.0 Å². The Morgan fingerprint density at radius 3 is 2.75 bits per heavy atom. The summed E-state index contributed by atoms with van der Waals surface area (Å²) in [5, 5.41) is 1.54. The van der Waals surface area contributed by atoms with Gasteiger partial charge in [0.1, 0.15) is 22.3 Å². The average Bonchev–Trinajstić information content (AvgIpc) is 3.14. The monoisotopic (exact) mass is 436 g/mol. The topological polar surface area (TPSA) is 59.5 Å². The van der Waals surface area contributed by atoms with Crippen LogP contribution in [-0.4, -0.2) is 36.9 Å². The summed E-state index contributed by atoms with van der Waals surface area (Å²) in [6.07, 6.45) is 2.05. The Kier molecular flexibility index (Phi) is 5.22. The van der Waals surface area contributed by atoms with Gasteiger partial charge in [0, 0.05) is 23.2 Å².